The lowest BCUT2D eigenvalue weighted by Gasteiger charge is -2.39. The van der Waals surface area contributed by atoms with Crippen LogP contribution < -0.4 is 0 Å². The van der Waals surface area contributed by atoms with Gasteiger partial charge in [0.05, 0.1) is 6.04 Å². The Morgan fingerprint density at radius 2 is 1.69 bits per heavy atom. The normalized spacial score (nSPS) is 22.3. The van der Waals surface area contributed by atoms with E-state index in [2.05, 4.69) is 98.6 Å². The van der Waals surface area contributed by atoms with Crippen LogP contribution in [0.4, 0.5) is 0 Å². The van der Waals surface area contributed by atoms with Crippen molar-refractivity contribution in [3.63, 3.8) is 0 Å². The standard InChI is InChI=1S/C26H27BrN2/c27-22-12-9-20(10-13-22)19-28-15-17-29(18-16-28)26-14-11-21-5-1-2-6-23(21)24-7-3-4-8-25(24)26/h1,3-5,7-14,26H,2,6,15-19H2. The van der Waals surface area contributed by atoms with Crippen molar-refractivity contribution in [3.05, 3.63) is 99.6 Å². The molecule has 1 atom stereocenters. The van der Waals surface area contributed by atoms with E-state index in [1.165, 1.54) is 27.8 Å². The molecule has 0 N–H and O–H groups in total. The van der Waals surface area contributed by atoms with Gasteiger partial charge in [-0.25, -0.2) is 0 Å². The molecule has 1 heterocycles. The Kier molecular flexibility index (Phi) is 5.54. The molecule has 3 heteroatoms. The maximum Gasteiger partial charge on any atom is 0.0541 e. The second-order valence-corrected chi connectivity index (χ2v) is 9.12. The van der Waals surface area contributed by atoms with E-state index in [0.29, 0.717) is 6.04 Å². The van der Waals surface area contributed by atoms with Crippen molar-refractivity contribution < 1.29 is 0 Å². The zero-order valence-electron chi connectivity index (χ0n) is 16.7. The van der Waals surface area contributed by atoms with Crippen molar-refractivity contribution in [1.29, 1.82) is 0 Å². The summed E-state index contributed by atoms with van der Waals surface area (Å²) in [7, 11) is 0. The fourth-order valence-corrected chi connectivity index (χ4v) is 5.09. The third kappa shape index (κ3) is 4.05. The summed E-state index contributed by atoms with van der Waals surface area (Å²) in [6.45, 7) is 5.50. The largest absolute Gasteiger partial charge is 0.297 e. The number of nitrogens with zero attached hydrogens (tertiary/aromatic N) is 2. The van der Waals surface area contributed by atoms with Crippen LogP contribution in [0.3, 0.4) is 0 Å². The Balaban J connectivity index is 1.32. The molecule has 1 aliphatic heterocycles. The highest BCUT2D eigenvalue weighted by Gasteiger charge is 2.27. The fraction of sp³-hybridized carbons (Fsp3) is 0.308. The average molecular weight is 447 g/mol. The first-order valence-corrected chi connectivity index (χ1v) is 11.5. The van der Waals surface area contributed by atoms with E-state index in [1.54, 1.807) is 0 Å². The minimum atomic E-state index is 0.375. The van der Waals surface area contributed by atoms with E-state index < -0.39 is 0 Å². The van der Waals surface area contributed by atoms with E-state index in [0.717, 1.165) is 50.0 Å². The van der Waals surface area contributed by atoms with Gasteiger partial charge in [-0.15, -0.1) is 0 Å². The third-order valence-electron chi connectivity index (χ3n) is 6.39. The first-order chi connectivity index (χ1) is 14.3. The molecule has 29 heavy (non-hydrogen) atoms. The van der Waals surface area contributed by atoms with Gasteiger partial charge in [0.15, 0.2) is 0 Å². The number of rotatable bonds is 3. The van der Waals surface area contributed by atoms with Crippen LogP contribution in [0.25, 0.3) is 5.57 Å². The maximum atomic E-state index is 3.53. The van der Waals surface area contributed by atoms with Crippen molar-refractivity contribution in [1.82, 2.24) is 9.80 Å². The van der Waals surface area contributed by atoms with Gasteiger partial charge in [0.2, 0.25) is 0 Å². The fourth-order valence-electron chi connectivity index (χ4n) is 4.82. The van der Waals surface area contributed by atoms with Crippen molar-refractivity contribution in [3.8, 4) is 0 Å². The van der Waals surface area contributed by atoms with Crippen molar-refractivity contribution in [2.45, 2.75) is 25.4 Å². The van der Waals surface area contributed by atoms with Gasteiger partial charge in [-0.3, -0.25) is 9.80 Å². The Labute approximate surface area is 182 Å². The van der Waals surface area contributed by atoms with E-state index in [-0.39, 0.29) is 0 Å². The Hall–Kier alpha value is -1.94. The number of hydrogen-bond donors (Lipinski definition) is 0. The van der Waals surface area contributed by atoms with E-state index in [1.807, 2.05) is 0 Å². The minimum absolute atomic E-state index is 0.375. The van der Waals surface area contributed by atoms with Crippen LogP contribution in [0.15, 0.2) is 82.9 Å². The molecule has 2 aliphatic carbocycles. The lowest BCUT2D eigenvalue weighted by atomic mass is 9.89. The zero-order valence-corrected chi connectivity index (χ0v) is 18.3. The molecule has 0 amide bonds. The van der Waals surface area contributed by atoms with Gasteiger partial charge in [-0.1, -0.05) is 76.6 Å². The van der Waals surface area contributed by atoms with Crippen molar-refractivity contribution in [2.75, 3.05) is 26.2 Å². The van der Waals surface area contributed by atoms with E-state index >= 15 is 0 Å². The van der Waals surface area contributed by atoms with Gasteiger partial charge < -0.3 is 0 Å². The molecule has 0 aromatic heterocycles. The van der Waals surface area contributed by atoms with E-state index in [4.69, 9.17) is 0 Å². The van der Waals surface area contributed by atoms with Gasteiger partial charge in [0.25, 0.3) is 0 Å². The van der Waals surface area contributed by atoms with Gasteiger partial charge >= 0.3 is 0 Å². The number of allylic oxidation sites excluding steroid dienone is 5. The molecule has 0 bridgehead atoms. The summed E-state index contributed by atoms with van der Waals surface area (Å²) in [5.74, 6) is 0. The first kappa shape index (κ1) is 19.0. The summed E-state index contributed by atoms with van der Waals surface area (Å²) in [4.78, 5) is 5.24. The summed E-state index contributed by atoms with van der Waals surface area (Å²) in [5.41, 5.74) is 7.25. The van der Waals surface area contributed by atoms with Crippen LogP contribution in [0.5, 0.6) is 0 Å². The molecule has 2 aromatic rings. The van der Waals surface area contributed by atoms with Gasteiger partial charge in [0, 0.05) is 37.2 Å². The quantitative estimate of drug-likeness (QED) is 0.571. The number of halogens is 1. The molecule has 3 aliphatic rings. The second-order valence-electron chi connectivity index (χ2n) is 8.20. The van der Waals surface area contributed by atoms with Gasteiger partial charge in [-0.2, -0.15) is 0 Å². The van der Waals surface area contributed by atoms with Crippen LogP contribution >= 0.6 is 15.9 Å². The molecule has 1 unspecified atom stereocenters. The first-order valence-electron chi connectivity index (χ1n) is 10.7. The SMILES string of the molecule is Brc1ccc(CN2CCN(C3C=CC4=C(CCC=C4)c4ccccc43)CC2)cc1. The van der Waals surface area contributed by atoms with Crippen LogP contribution in [0.2, 0.25) is 0 Å². The highest BCUT2D eigenvalue weighted by Crippen LogP contribution is 2.39. The molecule has 0 radical (unpaired) electrons. The Bertz CT molecular complexity index is 962. The summed E-state index contributed by atoms with van der Waals surface area (Å²) < 4.78 is 1.15. The van der Waals surface area contributed by atoms with Crippen molar-refractivity contribution in [2.24, 2.45) is 0 Å². The van der Waals surface area contributed by atoms with Crippen molar-refractivity contribution >= 4 is 21.5 Å². The lowest BCUT2D eigenvalue weighted by Crippen LogP contribution is -2.46. The maximum absolute atomic E-state index is 3.53. The number of hydrogen-bond acceptors (Lipinski definition) is 2. The zero-order chi connectivity index (χ0) is 19.6. The molecular formula is C26H27BrN2. The number of piperazine rings is 1. The Morgan fingerprint density at radius 3 is 2.52 bits per heavy atom. The Morgan fingerprint density at radius 1 is 0.897 bits per heavy atom. The second kappa shape index (κ2) is 8.43. The van der Waals surface area contributed by atoms with Crippen LogP contribution in [-0.2, 0) is 6.54 Å². The lowest BCUT2D eigenvalue weighted by molar-refractivity contribution is 0.107. The van der Waals surface area contributed by atoms with Crippen LogP contribution in [0.1, 0.15) is 35.6 Å². The summed E-state index contributed by atoms with van der Waals surface area (Å²) in [6, 6.07) is 18.2. The molecule has 1 saturated heterocycles. The number of benzene rings is 2. The highest BCUT2D eigenvalue weighted by molar-refractivity contribution is 9.10. The molecule has 1 fully saturated rings. The van der Waals surface area contributed by atoms with Gasteiger partial charge in [-0.05, 0) is 52.8 Å². The molecule has 5 rings (SSSR count). The smallest absolute Gasteiger partial charge is 0.0541 e. The number of fused-ring (bicyclic) bond motifs is 2. The average Bonchev–Trinajstić information content (AvgIpc) is 2.93. The van der Waals surface area contributed by atoms with Gasteiger partial charge in [0.1, 0.15) is 0 Å². The topological polar surface area (TPSA) is 6.48 Å². The molecule has 2 nitrogen and oxygen atoms in total. The predicted octanol–water partition coefficient (Wildman–Crippen LogP) is 5.98. The summed E-state index contributed by atoms with van der Waals surface area (Å²) in [6.07, 6.45) is 11.7. The molecule has 148 valence electrons. The summed E-state index contributed by atoms with van der Waals surface area (Å²) in [5, 5.41) is 0. The summed E-state index contributed by atoms with van der Waals surface area (Å²) >= 11 is 3.53. The predicted molar refractivity (Wildman–Crippen MR) is 125 cm³/mol. The highest BCUT2D eigenvalue weighted by atomic mass is 79.9. The molecular weight excluding hydrogens is 420 g/mol. The molecule has 2 aromatic carbocycles. The molecule has 0 spiro atoms. The third-order valence-corrected chi connectivity index (χ3v) is 6.92. The monoisotopic (exact) mass is 446 g/mol. The minimum Gasteiger partial charge on any atom is -0.297 e. The van der Waals surface area contributed by atoms with Crippen LogP contribution in [-0.4, -0.2) is 36.0 Å². The van der Waals surface area contributed by atoms with E-state index in [9.17, 15) is 0 Å². The van der Waals surface area contributed by atoms with Crippen LogP contribution in [0, 0.1) is 0 Å². The molecule has 0 saturated carbocycles.